The SMILES string of the molecule is COc1c(Br)cc(CN[C@@H](C)c2ccc(Cl)cc2)cc1Br. The fourth-order valence-corrected chi connectivity index (χ4v) is 3.78. The lowest BCUT2D eigenvalue weighted by Crippen LogP contribution is -2.18. The number of hydrogen-bond donors (Lipinski definition) is 1. The lowest BCUT2D eigenvalue weighted by atomic mass is 10.1. The summed E-state index contributed by atoms with van der Waals surface area (Å²) in [6, 6.07) is 12.3. The van der Waals surface area contributed by atoms with Crippen LogP contribution in [0.1, 0.15) is 24.1 Å². The van der Waals surface area contributed by atoms with Crippen molar-refractivity contribution in [2.24, 2.45) is 0 Å². The van der Waals surface area contributed by atoms with Crippen LogP contribution in [0.25, 0.3) is 0 Å². The van der Waals surface area contributed by atoms with E-state index in [-0.39, 0.29) is 6.04 Å². The maximum atomic E-state index is 5.91. The van der Waals surface area contributed by atoms with Gasteiger partial charge in [-0.05, 0) is 74.2 Å². The molecule has 0 amide bonds. The predicted molar refractivity (Wildman–Crippen MR) is 95.1 cm³/mol. The minimum absolute atomic E-state index is 0.252. The number of rotatable bonds is 5. The highest BCUT2D eigenvalue weighted by molar-refractivity contribution is 9.11. The number of hydrogen-bond acceptors (Lipinski definition) is 2. The quantitative estimate of drug-likeness (QED) is 0.651. The third kappa shape index (κ3) is 4.46. The van der Waals surface area contributed by atoms with Gasteiger partial charge in [0.2, 0.25) is 0 Å². The van der Waals surface area contributed by atoms with Gasteiger partial charge < -0.3 is 10.1 Å². The number of ether oxygens (including phenoxy) is 1. The van der Waals surface area contributed by atoms with E-state index in [4.69, 9.17) is 16.3 Å². The van der Waals surface area contributed by atoms with Gasteiger partial charge in [-0.25, -0.2) is 0 Å². The fourth-order valence-electron chi connectivity index (χ4n) is 2.05. The first-order valence-corrected chi connectivity index (χ1v) is 8.48. The number of halogens is 3. The summed E-state index contributed by atoms with van der Waals surface area (Å²) in [4.78, 5) is 0. The first-order chi connectivity index (χ1) is 10.0. The number of nitrogens with one attached hydrogen (secondary N) is 1. The molecule has 2 aromatic rings. The van der Waals surface area contributed by atoms with Crippen molar-refractivity contribution in [1.29, 1.82) is 0 Å². The summed E-state index contributed by atoms with van der Waals surface area (Å²) in [6.45, 7) is 2.90. The van der Waals surface area contributed by atoms with Crippen molar-refractivity contribution < 1.29 is 4.74 Å². The Morgan fingerprint density at radius 2 is 1.71 bits per heavy atom. The van der Waals surface area contributed by atoms with Gasteiger partial charge in [-0.15, -0.1) is 0 Å². The Balaban J connectivity index is 2.04. The second-order valence-corrected chi connectivity index (χ2v) is 6.89. The standard InChI is InChI=1S/C16H16Br2ClNO/c1-10(12-3-5-13(19)6-4-12)20-9-11-7-14(17)16(21-2)15(18)8-11/h3-8,10,20H,9H2,1-2H3/t10-/m0/s1. The molecule has 0 radical (unpaired) electrons. The van der Waals surface area contributed by atoms with Crippen molar-refractivity contribution in [1.82, 2.24) is 5.32 Å². The predicted octanol–water partition coefficient (Wildman–Crippen LogP) is 5.72. The van der Waals surface area contributed by atoms with E-state index in [0.717, 1.165) is 26.3 Å². The molecular weight excluding hydrogens is 417 g/mol. The van der Waals surface area contributed by atoms with Gasteiger partial charge in [-0.1, -0.05) is 23.7 Å². The normalized spacial score (nSPS) is 12.2. The lowest BCUT2D eigenvalue weighted by molar-refractivity contribution is 0.409. The lowest BCUT2D eigenvalue weighted by Gasteiger charge is -2.15. The Morgan fingerprint density at radius 1 is 1.14 bits per heavy atom. The average molecular weight is 434 g/mol. The molecule has 112 valence electrons. The largest absolute Gasteiger partial charge is 0.494 e. The van der Waals surface area contributed by atoms with Crippen LogP contribution >= 0.6 is 43.5 Å². The molecule has 0 aliphatic heterocycles. The van der Waals surface area contributed by atoms with Crippen LogP contribution in [-0.4, -0.2) is 7.11 Å². The highest BCUT2D eigenvalue weighted by Gasteiger charge is 2.09. The highest BCUT2D eigenvalue weighted by Crippen LogP contribution is 2.34. The third-order valence-electron chi connectivity index (χ3n) is 3.24. The molecule has 0 saturated carbocycles. The zero-order valence-corrected chi connectivity index (χ0v) is 15.7. The van der Waals surface area contributed by atoms with Crippen molar-refractivity contribution >= 4 is 43.5 Å². The van der Waals surface area contributed by atoms with Gasteiger partial charge in [-0.2, -0.15) is 0 Å². The topological polar surface area (TPSA) is 21.3 Å². The summed E-state index contributed by atoms with van der Waals surface area (Å²) in [5, 5.41) is 4.26. The molecule has 0 aliphatic carbocycles. The zero-order chi connectivity index (χ0) is 15.4. The van der Waals surface area contributed by atoms with Crippen LogP contribution in [0.2, 0.25) is 5.02 Å². The Bertz CT molecular complexity index is 593. The molecule has 5 heteroatoms. The fraction of sp³-hybridized carbons (Fsp3) is 0.250. The molecule has 0 heterocycles. The summed E-state index contributed by atoms with van der Waals surface area (Å²) in [6.07, 6.45) is 0. The molecule has 0 fully saturated rings. The minimum atomic E-state index is 0.252. The minimum Gasteiger partial charge on any atom is -0.494 e. The second kappa shape index (κ2) is 7.63. The highest BCUT2D eigenvalue weighted by atomic mass is 79.9. The molecule has 2 nitrogen and oxygen atoms in total. The van der Waals surface area contributed by atoms with Gasteiger partial charge in [0.15, 0.2) is 0 Å². The molecule has 0 aliphatic rings. The zero-order valence-electron chi connectivity index (χ0n) is 11.8. The molecule has 0 spiro atoms. The molecule has 0 aromatic heterocycles. The van der Waals surface area contributed by atoms with E-state index >= 15 is 0 Å². The van der Waals surface area contributed by atoms with E-state index in [9.17, 15) is 0 Å². The van der Waals surface area contributed by atoms with Crippen molar-refractivity contribution in [3.05, 3.63) is 61.5 Å². The van der Waals surface area contributed by atoms with E-state index in [1.165, 1.54) is 11.1 Å². The van der Waals surface area contributed by atoms with E-state index in [2.05, 4.69) is 56.2 Å². The van der Waals surface area contributed by atoms with Crippen LogP contribution in [0.5, 0.6) is 5.75 Å². The summed E-state index contributed by atoms with van der Waals surface area (Å²) >= 11 is 13.0. The van der Waals surface area contributed by atoms with Crippen molar-refractivity contribution in [2.75, 3.05) is 7.11 Å². The first-order valence-electron chi connectivity index (χ1n) is 6.52. The Labute approximate surface area is 147 Å². The van der Waals surface area contributed by atoms with Gasteiger partial charge in [0.25, 0.3) is 0 Å². The maximum absolute atomic E-state index is 5.91. The molecule has 21 heavy (non-hydrogen) atoms. The molecular formula is C16H16Br2ClNO. The number of benzene rings is 2. The molecule has 0 saturated heterocycles. The molecule has 0 unspecified atom stereocenters. The van der Waals surface area contributed by atoms with E-state index in [1.54, 1.807) is 7.11 Å². The summed E-state index contributed by atoms with van der Waals surface area (Å²) < 4.78 is 7.19. The summed E-state index contributed by atoms with van der Waals surface area (Å²) in [5.74, 6) is 0.810. The van der Waals surface area contributed by atoms with Crippen LogP contribution < -0.4 is 10.1 Å². The van der Waals surface area contributed by atoms with Crippen LogP contribution in [0.3, 0.4) is 0 Å². The van der Waals surface area contributed by atoms with Crippen LogP contribution in [0, 0.1) is 0 Å². The smallest absolute Gasteiger partial charge is 0.147 e. The van der Waals surface area contributed by atoms with Gasteiger partial charge in [0.05, 0.1) is 16.1 Å². The Morgan fingerprint density at radius 3 is 2.24 bits per heavy atom. The molecule has 2 rings (SSSR count). The number of methoxy groups -OCH3 is 1. The van der Waals surface area contributed by atoms with Crippen LogP contribution in [0.4, 0.5) is 0 Å². The Kier molecular flexibility index (Phi) is 6.11. The maximum Gasteiger partial charge on any atom is 0.147 e. The van der Waals surface area contributed by atoms with E-state index < -0.39 is 0 Å². The molecule has 0 bridgehead atoms. The van der Waals surface area contributed by atoms with Crippen molar-refractivity contribution in [3.8, 4) is 5.75 Å². The van der Waals surface area contributed by atoms with E-state index in [0.29, 0.717) is 0 Å². The average Bonchev–Trinajstić information content (AvgIpc) is 2.45. The van der Waals surface area contributed by atoms with Crippen molar-refractivity contribution in [3.63, 3.8) is 0 Å². The van der Waals surface area contributed by atoms with Crippen LogP contribution in [-0.2, 0) is 6.54 Å². The first kappa shape index (κ1) is 16.8. The summed E-state index contributed by atoms with van der Waals surface area (Å²) in [5.41, 5.74) is 2.39. The third-order valence-corrected chi connectivity index (χ3v) is 4.67. The van der Waals surface area contributed by atoms with Gasteiger partial charge in [0, 0.05) is 17.6 Å². The summed E-state index contributed by atoms with van der Waals surface area (Å²) in [7, 11) is 1.66. The van der Waals surface area contributed by atoms with Gasteiger partial charge >= 0.3 is 0 Å². The monoisotopic (exact) mass is 431 g/mol. The van der Waals surface area contributed by atoms with Gasteiger partial charge in [-0.3, -0.25) is 0 Å². The van der Waals surface area contributed by atoms with E-state index in [1.807, 2.05) is 24.3 Å². The van der Waals surface area contributed by atoms with Crippen molar-refractivity contribution in [2.45, 2.75) is 19.5 Å². The molecule has 2 aromatic carbocycles. The van der Waals surface area contributed by atoms with Crippen LogP contribution in [0.15, 0.2) is 45.3 Å². The Hall–Kier alpha value is -0.550. The second-order valence-electron chi connectivity index (χ2n) is 4.75. The van der Waals surface area contributed by atoms with Gasteiger partial charge in [0.1, 0.15) is 5.75 Å². The molecule has 1 atom stereocenters. The molecule has 1 N–H and O–H groups in total.